The molecule has 0 N–H and O–H groups in total. The van der Waals surface area contributed by atoms with Crippen LogP contribution in [-0.4, -0.2) is 30.0 Å². The molecule has 2 heterocycles. The Morgan fingerprint density at radius 2 is 1.34 bits per heavy atom. The van der Waals surface area contributed by atoms with Gasteiger partial charge in [-0.15, -0.1) is 5.10 Å². The molecule has 6 rings (SSSR count). The maximum absolute atomic E-state index is 14.0. The largest absolute Gasteiger partial charge is 0.493 e. The number of carbonyl (C=O) groups excluding carboxylic acids is 1. The van der Waals surface area contributed by atoms with Gasteiger partial charge in [-0.1, -0.05) is 84.9 Å². The average Bonchev–Trinajstić information content (AvgIpc) is 3.33. The highest BCUT2D eigenvalue weighted by atomic mass is 16.5. The van der Waals surface area contributed by atoms with Gasteiger partial charge in [0.05, 0.1) is 24.5 Å². The summed E-state index contributed by atoms with van der Waals surface area (Å²) >= 11 is 0. The molecule has 6 nitrogen and oxygen atoms in total. The maximum Gasteiger partial charge on any atom is 0.368 e. The molecule has 35 heavy (non-hydrogen) atoms. The molecule has 0 radical (unpaired) electrons. The van der Waals surface area contributed by atoms with Gasteiger partial charge in [-0.2, -0.15) is 10.0 Å². The van der Waals surface area contributed by atoms with Gasteiger partial charge < -0.3 is 4.74 Å². The second kappa shape index (κ2) is 8.99. The van der Waals surface area contributed by atoms with Crippen LogP contribution in [0.5, 0.6) is 5.75 Å². The standard InChI is InChI=1S/C29H24N4O2/c34-29-32(24-14-6-2-7-15-24)30-28(22-12-4-1-5-13-22)31(33(29)25-16-8-3-9-17-25)20-23-21-35-27-19-11-10-18-26(23)27/h1-19,23H,20-21H2. The van der Waals surface area contributed by atoms with E-state index in [1.54, 1.807) is 5.01 Å². The zero-order valence-corrected chi connectivity index (χ0v) is 19.1. The number of nitrogens with zero attached hydrogens (tertiary/aromatic N) is 4. The lowest BCUT2D eigenvalue weighted by molar-refractivity contribution is 0.229. The van der Waals surface area contributed by atoms with Crippen LogP contribution < -0.4 is 14.8 Å². The molecule has 2 aliphatic heterocycles. The first-order chi connectivity index (χ1) is 17.3. The monoisotopic (exact) mass is 460 g/mol. The smallest absolute Gasteiger partial charge is 0.368 e. The van der Waals surface area contributed by atoms with Crippen LogP contribution in [-0.2, 0) is 0 Å². The Kier molecular flexibility index (Phi) is 5.39. The zero-order valence-electron chi connectivity index (χ0n) is 19.1. The second-order valence-corrected chi connectivity index (χ2v) is 8.49. The fourth-order valence-electron chi connectivity index (χ4n) is 4.58. The number of hydrazone groups is 1. The fourth-order valence-corrected chi connectivity index (χ4v) is 4.58. The number of para-hydroxylation sites is 3. The molecule has 172 valence electrons. The number of urea groups is 1. The minimum atomic E-state index is -0.241. The minimum absolute atomic E-state index is 0.0856. The van der Waals surface area contributed by atoms with Gasteiger partial charge in [0.25, 0.3) is 0 Å². The van der Waals surface area contributed by atoms with Gasteiger partial charge in [0.15, 0.2) is 5.84 Å². The van der Waals surface area contributed by atoms with Crippen molar-refractivity contribution in [3.63, 3.8) is 0 Å². The molecule has 2 amide bonds. The Morgan fingerprint density at radius 1 is 0.743 bits per heavy atom. The van der Waals surface area contributed by atoms with Crippen molar-refractivity contribution in [3.05, 3.63) is 126 Å². The molecule has 4 aromatic carbocycles. The summed E-state index contributed by atoms with van der Waals surface area (Å²) in [5.41, 5.74) is 3.55. The van der Waals surface area contributed by atoms with Gasteiger partial charge in [0.2, 0.25) is 0 Å². The van der Waals surface area contributed by atoms with Crippen LogP contribution in [0.15, 0.2) is 120 Å². The summed E-state index contributed by atoms with van der Waals surface area (Å²) in [6.45, 7) is 1.09. The van der Waals surface area contributed by atoms with Crippen LogP contribution in [0.1, 0.15) is 17.0 Å². The molecular formula is C29H24N4O2. The van der Waals surface area contributed by atoms with E-state index < -0.39 is 0 Å². The molecule has 6 heteroatoms. The van der Waals surface area contributed by atoms with E-state index in [0.717, 1.165) is 22.6 Å². The van der Waals surface area contributed by atoms with Crippen molar-refractivity contribution in [3.8, 4) is 5.75 Å². The van der Waals surface area contributed by atoms with Gasteiger partial charge in [0, 0.05) is 17.0 Å². The highest BCUT2D eigenvalue weighted by Gasteiger charge is 2.39. The van der Waals surface area contributed by atoms with Crippen LogP contribution in [0.2, 0.25) is 0 Å². The lowest BCUT2D eigenvalue weighted by Crippen LogP contribution is -2.59. The van der Waals surface area contributed by atoms with Crippen molar-refractivity contribution in [2.45, 2.75) is 5.92 Å². The van der Waals surface area contributed by atoms with Crippen molar-refractivity contribution in [2.24, 2.45) is 5.10 Å². The molecule has 0 saturated carbocycles. The molecule has 4 aromatic rings. The Balaban J connectivity index is 1.50. The molecule has 0 spiro atoms. The summed E-state index contributed by atoms with van der Waals surface area (Å²) in [6.07, 6.45) is 0. The number of rotatable bonds is 5. The van der Waals surface area contributed by atoms with E-state index >= 15 is 0 Å². The lowest BCUT2D eigenvalue weighted by Gasteiger charge is -2.43. The summed E-state index contributed by atoms with van der Waals surface area (Å²) in [7, 11) is 0. The molecule has 0 aliphatic carbocycles. The number of hydrogen-bond donors (Lipinski definition) is 0. The van der Waals surface area contributed by atoms with Crippen molar-refractivity contribution in [1.29, 1.82) is 0 Å². The number of anilines is 2. The maximum atomic E-state index is 14.0. The predicted molar refractivity (Wildman–Crippen MR) is 138 cm³/mol. The van der Waals surface area contributed by atoms with Gasteiger partial charge in [-0.05, 0) is 30.3 Å². The van der Waals surface area contributed by atoms with E-state index in [1.807, 2.05) is 114 Å². The molecule has 2 aliphatic rings. The molecule has 0 saturated heterocycles. The Morgan fingerprint density at radius 3 is 2.06 bits per heavy atom. The van der Waals surface area contributed by atoms with E-state index in [-0.39, 0.29) is 11.9 Å². The number of hydrazine groups is 1. The van der Waals surface area contributed by atoms with Gasteiger partial charge in [0.1, 0.15) is 5.75 Å². The third-order valence-electron chi connectivity index (χ3n) is 6.27. The van der Waals surface area contributed by atoms with Gasteiger partial charge in [-0.3, -0.25) is 5.01 Å². The number of fused-ring (bicyclic) bond motifs is 1. The molecule has 1 unspecified atom stereocenters. The Bertz CT molecular complexity index is 1360. The number of benzene rings is 4. The Hall–Kier alpha value is -4.58. The first kappa shape index (κ1) is 21.0. The first-order valence-electron chi connectivity index (χ1n) is 11.7. The van der Waals surface area contributed by atoms with Gasteiger partial charge in [-0.25, -0.2) is 4.79 Å². The number of amides is 2. The lowest BCUT2D eigenvalue weighted by atomic mass is 10.0. The van der Waals surface area contributed by atoms with Crippen molar-refractivity contribution in [1.82, 2.24) is 5.01 Å². The number of amidine groups is 1. The van der Waals surface area contributed by atoms with E-state index in [0.29, 0.717) is 24.7 Å². The van der Waals surface area contributed by atoms with Crippen LogP contribution >= 0.6 is 0 Å². The predicted octanol–water partition coefficient (Wildman–Crippen LogP) is 5.89. The van der Waals surface area contributed by atoms with E-state index in [9.17, 15) is 4.79 Å². The van der Waals surface area contributed by atoms with E-state index in [2.05, 4.69) is 6.07 Å². The summed E-state index contributed by atoms with van der Waals surface area (Å²) in [4.78, 5) is 14.0. The highest BCUT2D eigenvalue weighted by molar-refractivity contribution is 6.13. The van der Waals surface area contributed by atoms with Crippen molar-refractivity contribution in [2.75, 3.05) is 23.2 Å². The van der Waals surface area contributed by atoms with Crippen LogP contribution in [0.4, 0.5) is 16.2 Å². The first-order valence-corrected chi connectivity index (χ1v) is 11.7. The number of carbonyl (C=O) groups is 1. The molecule has 0 aromatic heterocycles. The van der Waals surface area contributed by atoms with Crippen LogP contribution in [0.25, 0.3) is 0 Å². The third-order valence-corrected chi connectivity index (χ3v) is 6.27. The molecular weight excluding hydrogens is 436 g/mol. The fraction of sp³-hybridized carbons (Fsp3) is 0.103. The number of ether oxygens (including phenoxy) is 1. The number of hydrogen-bond acceptors (Lipinski definition) is 4. The summed E-state index contributed by atoms with van der Waals surface area (Å²) < 4.78 is 5.97. The summed E-state index contributed by atoms with van der Waals surface area (Å²) in [5, 5.41) is 10.1. The van der Waals surface area contributed by atoms with Gasteiger partial charge >= 0.3 is 6.03 Å². The topological polar surface area (TPSA) is 48.4 Å². The molecule has 0 bridgehead atoms. The SMILES string of the molecule is O=C1N(c2ccccc2)N=C(c2ccccc2)N(CC2COc3ccccc32)N1c1ccccc1. The Labute approximate surface area is 204 Å². The zero-order chi connectivity index (χ0) is 23.6. The summed E-state index contributed by atoms with van der Waals surface area (Å²) in [6, 6.07) is 37.1. The molecule has 0 fully saturated rings. The minimum Gasteiger partial charge on any atom is -0.493 e. The quantitative estimate of drug-likeness (QED) is 0.373. The van der Waals surface area contributed by atoms with Crippen LogP contribution in [0.3, 0.4) is 0 Å². The van der Waals surface area contributed by atoms with E-state index in [1.165, 1.54) is 5.01 Å². The van der Waals surface area contributed by atoms with Crippen molar-refractivity contribution >= 4 is 23.2 Å². The van der Waals surface area contributed by atoms with E-state index in [4.69, 9.17) is 9.84 Å². The average molecular weight is 461 g/mol. The third kappa shape index (κ3) is 3.89. The van der Waals surface area contributed by atoms with Crippen LogP contribution in [0, 0.1) is 0 Å². The van der Waals surface area contributed by atoms with Crippen molar-refractivity contribution < 1.29 is 9.53 Å². The summed E-state index contributed by atoms with van der Waals surface area (Å²) in [5.74, 6) is 1.68. The normalized spacial score (nSPS) is 17.1. The highest BCUT2D eigenvalue weighted by Crippen LogP contribution is 2.36. The molecule has 1 atom stereocenters. The second-order valence-electron chi connectivity index (χ2n) is 8.49.